The molecule has 0 N–H and O–H groups in total. The van der Waals surface area contributed by atoms with Gasteiger partial charge in [-0.15, -0.1) is 0 Å². The molecule has 0 saturated heterocycles. The Hall–Kier alpha value is -1.55. The zero-order chi connectivity index (χ0) is 12.7. The molecule has 0 aliphatic rings. The molecule has 4 heteroatoms. The average Bonchev–Trinajstić information content (AvgIpc) is 2.35. The highest BCUT2D eigenvalue weighted by molar-refractivity contribution is 5.91. The van der Waals surface area contributed by atoms with E-state index in [1.165, 1.54) is 7.11 Å². The minimum absolute atomic E-state index is 0.349. The molecule has 17 heavy (non-hydrogen) atoms. The zero-order valence-electron chi connectivity index (χ0n) is 10.5. The largest absolute Gasteiger partial charge is 0.491 e. The van der Waals surface area contributed by atoms with E-state index in [2.05, 4.69) is 0 Å². The van der Waals surface area contributed by atoms with Gasteiger partial charge in [0.15, 0.2) is 0 Å². The molecule has 0 unspecified atom stereocenters. The Labute approximate surface area is 101 Å². The second kappa shape index (κ2) is 6.91. The molecule has 0 saturated carbocycles. The van der Waals surface area contributed by atoms with Crippen LogP contribution in [0.5, 0.6) is 5.75 Å². The van der Waals surface area contributed by atoms with Gasteiger partial charge < -0.3 is 14.2 Å². The molecule has 1 rings (SSSR count). The molecular formula is C13H18O4. The van der Waals surface area contributed by atoms with Crippen LogP contribution in [-0.4, -0.2) is 32.9 Å². The van der Waals surface area contributed by atoms with Gasteiger partial charge in [-0.3, -0.25) is 0 Å². The number of hydrogen-bond acceptors (Lipinski definition) is 4. The lowest BCUT2D eigenvalue weighted by molar-refractivity contribution is 0.0599. The number of methoxy groups -OCH3 is 1. The third kappa shape index (κ3) is 3.75. The molecule has 4 nitrogen and oxygen atoms in total. The molecular weight excluding hydrogens is 220 g/mol. The minimum atomic E-state index is -0.349. The fourth-order valence-electron chi connectivity index (χ4n) is 1.46. The first-order chi connectivity index (χ1) is 8.20. The Balaban J connectivity index is 2.70. The van der Waals surface area contributed by atoms with E-state index in [1.54, 1.807) is 12.1 Å². The predicted molar refractivity (Wildman–Crippen MR) is 64.5 cm³/mol. The van der Waals surface area contributed by atoms with Crippen molar-refractivity contribution in [2.24, 2.45) is 0 Å². The molecule has 0 atom stereocenters. The van der Waals surface area contributed by atoms with Gasteiger partial charge >= 0.3 is 5.97 Å². The van der Waals surface area contributed by atoms with Crippen molar-refractivity contribution in [1.29, 1.82) is 0 Å². The van der Waals surface area contributed by atoms with Crippen molar-refractivity contribution in [2.45, 2.75) is 13.8 Å². The topological polar surface area (TPSA) is 44.8 Å². The van der Waals surface area contributed by atoms with Crippen LogP contribution in [0, 0.1) is 6.92 Å². The molecule has 1 aromatic carbocycles. The summed E-state index contributed by atoms with van der Waals surface area (Å²) in [5.41, 5.74) is 1.32. The van der Waals surface area contributed by atoms with Crippen molar-refractivity contribution in [2.75, 3.05) is 26.9 Å². The normalized spacial score (nSPS) is 10.1. The highest BCUT2D eigenvalue weighted by atomic mass is 16.5. The number of carbonyl (C=O) groups excluding carboxylic acids is 1. The molecule has 0 aliphatic carbocycles. The highest BCUT2D eigenvalue weighted by Gasteiger charge is 2.12. The Morgan fingerprint density at radius 1 is 1.29 bits per heavy atom. The van der Waals surface area contributed by atoms with Gasteiger partial charge in [-0.1, -0.05) is 6.07 Å². The van der Waals surface area contributed by atoms with E-state index >= 15 is 0 Å². The smallest absolute Gasteiger partial charge is 0.338 e. The van der Waals surface area contributed by atoms with Gasteiger partial charge in [-0.2, -0.15) is 0 Å². The van der Waals surface area contributed by atoms with Crippen LogP contribution >= 0.6 is 0 Å². The minimum Gasteiger partial charge on any atom is -0.491 e. The van der Waals surface area contributed by atoms with Crippen molar-refractivity contribution < 1.29 is 19.0 Å². The summed E-state index contributed by atoms with van der Waals surface area (Å²) in [5, 5.41) is 0. The van der Waals surface area contributed by atoms with E-state index in [-0.39, 0.29) is 5.97 Å². The SMILES string of the molecule is CCOCCOc1cccc(C(=O)OC)c1C. The number of benzene rings is 1. The Morgan fingerprint density at radius 2 is 2.06 bits per heavy atom. The first kappa shape index (κ1) is 13.5. The molecule has 0 amide bonds. The van der Waals surface area contributed by atoms with Crippen LogP contribution in [0.2, 0.25) is 0 Å². The molecule has 94 valence electrons. The molecule has 0 bridgehead atoms. The maximum atomic E-state index is 11.5. The Bertz CT molecular complexity index is 374. The van der Waals surface area contributed by atoms with Gasteiger partial charge in [-0.25, -0.2) is 4.79 Å². The third-order valence-corrected chi connectivity index (χ3v) is 2.38. The molecule has 0 aliphatic heterocycles. The molecule has 0 aromatic heterocycles. The van der Waals surface area contributed by atoms with Crippen LogP contribution in [0.3, 0.4) is 0 Å². The number of rotatable bonds is 6. The van der Waals surface area contributed by atoms with Crippen LogP contribution in [-0.2, 0) is 9.47 Å². The van der Waals surface area contributed by atoms with Crippen LogP contribution in [0.15, 0.2) is 18.2 Å². The lowest BCUT2D eigenvalue weighted by Crippen LogP contribution is -2.09. The van der Waals surface area contributed by atoms with E-state index in [0.717, 1.165) is 5.56 Å². The summed E-state index contributed by atoms with van der Waals surface area (Å²) < 4.78 is 15.4. The summed E-state index contributed by atoms with van der Waals surface area (Å²) >= 11 is 0. The molecule has 0 radical (unpaired) electrons. The lowest BCUT2D eigenvalue weighted by Gasteiger charge is -2.11. The summed E-state index contributed by atoms with van der Waals surface area (Å²) in [6.45, 7) is 5.45. The van der Waals surface area contributed by atoms with Gasteiger partial charge in [0.05, 0.1) is 19.3 Å². The summed E-state index contributed by atoms with van der Waals surface area (Å²) in [5.74, 6) is 0.338. The van der Waals surface area contributed by atoms with E-state index < -0.39 is 0 Å². The van der Waals surface area contributed by atoms with E-state index in [4.69, 9.17) is 14.2 Å². The zero-order valence-corrected chi connectivity index (χ0v) is 10.5. The first-order valence-electron chi connectivity index (χ1n) is 5.59. The van der Waals surface area contributed by atoms with Crippen LogP contribution in [0.25, 0.3) is 0 Å². The second-order valence-electron chi connectivity index (χ2n) is 3.47. The van der Waals surface area contributed by atoms with Gasteiger partial charge in [0.25, 0.3) is 0 Å². The van der Waals surface area contributed by atoms with Crippen molar-refractivity contribution >= 4 is 5.97 Å². The van der Waals surface area contributed by atoms with E-state index in [0.29, 0.717) is 31.1 Å². The van der Waals surface area contributed by atoms with E-state index in [9.17, 15) is 4.79 Å². The first-order valence-corrected chi connectivity index (χ1v) is 5.59. The van der Waals surface area contributed by atoms with Crippen molar-refractivity contribution in [3.05, 3.63) is 29.3 Å². The summed E-state index contributed by atoms with van der Waals surface area (Å²) in [4.78, 5) is 11.5. The summed E-state index contributed by atoms with van der Waals surface area (Å²) in [6.07, 6.45) is 0. The predicted octanol–water partition coefficient (Wildman–Crippen LogP) is 2.20. The molecule has 0 heterocycles. The summed E-state index contributed by atoms with van der Waals surface area (Å²) in [7, 11) is 1.37. The van der Waals surface area contributed by atoms with Crippen LogP contribution in [0.1, 0.15) is 22.8 Å². The van der Waals surface area contributed by atoms with Crippen LogP contribution < -0.4 is 4.74 Å². The number of carbonyl (C=O) groups is 1. The fourth-order valence-corrected chi connectivity index (χ4v) is 1.46. The Morgan fingerprint density at radius 3 is 2.71 bits per heavy atom. The van der Waals surface area contributed by atoms with E-state index in [1.807, 2.05) is 19.9 Å². The monoisotopic (exact) mass is 238 g/mol. The summed E-state index contributed by atoms with van der Waals surface area (Å²) in [6, 6.07) is 5.32. The van der Waals surface area contributed by atoms with Gasteiger partial charge in [-0.05, 0) is 26.0 Å². The standard InChI is InChI=1S/C13H18O4/c1-4-16-8-9-17-12-7-5-6-11(10(12)2)13(14)15-3/h5-7H,4,8-9H2,1-3H3. The number of hydrogen-bond donors (Lipinski definition) is 0. The third-order valence-electron chi connectivity index (χ3n) is 2.38. The van der Waals surface area contributed by atoms with Crippen molar-refractivity contribution in [3.8, 4) is 5.75 Å². The maximum absolute atomic E-state index is 11.5. The fraction of sp³-hybridized carbons (Fsp3) is 0.462. The average molecular weight is 238 g/mol. The van der Waals surface area contributed by atoms with Gasteiger partial charge in [0.1, 0.15) is 12.4 Å². The highest BCUT2D eigenvalue weighted by Crippen LogP contribution is 2.21. The van der Waals surface area contributed by atoms with Crippen molar-refractivity contribution in [1.82, 2.24) is 0 Å². The molecule has 1 aromatic rings. The molecule has 0 fully saturated rings. The quantitative estimate of drug-likeness (QED) is 0.563. The maximum Gasteiger partial charge on any atom is 0.338 e. The number of ether oxygens (including phenoxy) is 3. The van der Waals surface area contributed by atoms with Crippen molar-refractivity contribution in [3.63, 3.8) is 0 Å². The molecule has 0 spiro atoms. The Kier molecular flexibility index (Phi) is 5.49. The van der Waals surface area contributed by atoms with Crippen LogP contribution in [0.4, 0.5) is 0 Å². The van der Waals surface area contributed by atoms with Gasteiger partial charge in [0.2, 0.25) is 0 Å². The number of esters is 1. The lowest BCUT2D eigenvalue weighted by atomic mass is 10.1. The van der Waals surface area contributed by atoms with Gasteiger partial charge in [0, 0.05) is 12.2 Å². The second-order valence-corrected chi connectivity index (χ2v) is 3.47.